The van der Waals surface area contributed by atoms with Crippen LogP contribution in [0.2, 0.25) is 0 Å². The van der Waals surface area contributed by atoms with Crippen LogP contribution in [-0.2, 0) is 9.47 Å². The van der Waals surface area contributed by atoms with E-state index < -0.39 is 18.0 Å². The molecule has 6 heteroatoms. The van der Waals surface area contributed by atoms with Gasteiger partial charge in [0.05, 0.1) is 11.1 Å². The van der Waals surface area contributed by atoms with E-state index in [4.69, 9.17) is 9.47 Å². The first-order valence-corrected chi connectivity index (χ1v) is 11.7. The Bertz CT molecular complexity index is 1520. The summed E-state index contributed by atoms with van der Waals surface area (Å²) >= 11 is 0. The number of benzene rings is 4. The third-order valence-electron chi connectivity index (χ3n) is 6.70. The average Bonchev–Trinajstić information content (AvgIpc) is 3.22. The van der Waals surface area contributed by atoms with Crippen LogP contribution in [0.4, 0.5) is 4.79 Å². The average molecular weight is 476 g/mol. The number of carbonyl (C=O) groups is 3. The number of nitrogens with one attached hydrogen (secondary N) is 1. The molecular formula is C30H21NO5. The topological polar surface area (TPSA) is 81.7 Å². The van der Waals surface area contributed by atoms with Crippen molar-refractivity contribution in [3.63, 3.8) is 0 Å². The van der Waals surface area contributed by atoms with E-state index in [0.717, 1.165) is 22.1 Å². The summed E-state index contributed by atoms with van der Waals surface area (Å²) in [5.41, 5.74) is 6.26. The number of rotatable bonds is 5. The van der Waals surface area contributed by atoms with Gasteiger partial charge in [0.15, 0.2) is 0 Å². The number of hydrogen-bond acceptors (Lipinski definition) is 5. The van der Waals surface area contributed by atoms with Gasteiger partial charge in [-0.15, -0.1) is 0 Å². The smallest absolute Gasteiger partial charge is 0.407 e. The molecule has 36 heavy (non-hydrogen) atoms. The van der Waals surface area contributed by atoms with Crippen LogP contribution in [0.25, 0.3) is 28.0 Å². The molecule has 1 amide bonds. The summed E-state index contributed by atoms with van der Waals surface area (Å²) < 4.78 is 10.4. The molecule has 0 bridgehead atoms. The van der Waals surface area contributed by atoms with Crippen LogP contribution in [0.5, 0.6) is 0 Å². The monoisotopic (exact) mass is 475 g/mol. The Hall–Kier alpha value is -4.71. The van der Waals surface area contributed by atoms with Crippen molar-refractivity contribution in [1.29, 1.82) is 0 Å². The summed E-state index contributed by atoms with van der Waals surface area (Å²) in [6, 6.07) is 25.1. The second-order valence-corrected chi connectivity index (χ2v) is 8.72. The molecule has 0 spiro atoms. The van der Waals surface area contributed by atoms with E-state index >= 15 is 0 Å². The van der Waals surface area contributed by atoms with Crippen molar-refractivity contribution in [3.8, 4) is 11.1 Å². The number of ether oxygens (including phenoxy) is 2. The number of hydrogen-bond donors (Lipinski definition) is 1. The molecular weight excluding hydrogens is 454 g/mol. The molecule has 1 aliphatic heterocycles. The summed E-state index contributed by atoms with van der Waals surface area (Å²) in [5.74, 6) is -1.28. The minimum absolute atomic E-state index is 0.00530. The predicted molar refractivity (Wildman–Crippen MR) is 136 cm³/mol. The number of esters is 2. The minimum atomic E-state index is -0.642. The first kappa shape index (κ1) is 21.8. The zero-order valence-electron chi connectivity index (χ0n) is 19.2. The van der Waals surface area contributed by atoms with E-state index in [-0.39, 0.29) is 19.1 Å². The first-order valence-electron chi connectivity index (χ1n) is 11.7. The molecule has 1 N–H and O–H groups in total. The number of fused-ring (bicyclic) bond motifs is 3. The van der Waals surface area contributed by atoms with Crippen LogP contribution >= 0.6 is 0 Å². The van der Waals surface area contributed by atoms with Crippen molar-refractivity contribution in [2.45, 2.75) is 5.92 Å². The predicted octanol–water partition coefficient (Wildman–Crippen LogP) is 5.70. The molecule has 0 unspecified atom stereocenters. The molecule has 2 aliphatic rings. The zero-order valence-corrected chi connectivity index (χ0v) is 19.2. The maximum Gasteiger partial charge on any atom is 0.407 e. The Kier molecular flexibility index (Phi) is 5.34. The van der Waals surface area contributed by atoms with Gasteiger partial charge in [0.1, 0.15) is 6.61 Å². The van der Waals surface area contributed by atoms with Crippen LogP contribution < -0.4 is 5.32 Å². The quantitative estimate of drug-likeness (QED) is 0.296. The molecule has 0 radical (unpaired) electrons. The molecule has 0 saturated carbocycles. The molecule has 0 aromatic heterocycles. The molecule has 1 aliphatic carbocycles. The highest BCUT2D eigenvalue weighted by molar-refractivity contribution is 6.21. The lowest BCUT2D eigenvalue weighted by Crippen LogP contribution is -2.26. The van der Waals surface area contributed by atoms with Crippen LogP contribution in [-0.4, -0.2) is 31.2 Å². The summed E-state index contributed by atoms with van der Waals surface area (Å²) in [6.07, 6.45) is 3.15. The Morgan fingerprint density at radius 2 is 1.44 bits per heavy atom. The molecule has 176 valence electrons. The van der Waals surface area contributed by atoms with E-state index in [1.807, 2.05) is 36.4 Å². The number of carbonyl (C=O) groups excluding carboxylic acids is 3. The van der Waals surface area contributed by atoms with Crippen LogP contribution in [0.3, 0.4) is 0 Å². The van der Waals surface area contributed by atoms with Crippen molar-refractivity contribution in [2.75, 3.05) is 13.2 Å². The lowest BCUT2D eigenvalue weighted by Gasteiger charge is -2.16. The molecule has 0 saturated heterocycles. The van der Waals surface area contributed by atoms with Gasteiger partial charge in [0.2, 0.25) is 0 Å². The summed E-state index contributed by atoms with van der Waals surface area (Å²) in [4.78, 5) is 36.6. The number of cyclic esters (lactones) is 2. The fourth-order valence-electron chi connectivity index (χ4n) is 5.09. The highest BCUT2D eigenvalue weighted by atomic mass is 16.6. The lowest BCUT2D eigenvalue weighted by atomic mass is 9.94. The highest BCUT2D eigenvalue weighted by Gasteiger charge is 2.29. The minimum Gasteiger partial charge on any atom is -0.449 e. The number of alkyl carbamates (subject to hydrolysis) is 1. The summed E-state index contributed by atoms with van der Waals surface area (Å²) in [7, 11) is 0. The fraction of sp³-hybridized carbons (Fsp3) is 0.100. The van der Waals surface area contributed by atoms with Crippen LogP contribution in [0.1, 0.15) is 43.3 Å². The van der Waals surface area contributed by atoms with E-state index in [1.165, 1.54) is 11.1 Å². The largest absolute Gasteiger partial charge is 0.449 e. The molecule has 0 atom stereocenters. The van der Waals surface area contributed by atoms with Crippen molar-refractivity contribution >= 4 is 34.9 Å². The second-order valence-electron chi connectivity index (χ2n) is 8.72. The molecule has 4 aromatic rings. The Morgan fingerprint density at radius 1 is 0.806 bits per heavy atom. The van der Waals surface area contributed by atoms with E-state index in [1.54, 1.807) is 30.3 Å². The second kappa shape index (κ2) is 8.82. The van der Waals surface area contributed by atoms with Crippen molar-refractivity contribution in [1.82, 2.24) is 5.32 Å². The maximum atomic E-state index is 12.4. The van der Waals surface area contributed by atoms with Gasteiger partial charge in [0.25, 0.3) is 0 Å². The molecule has 0 fully saturated rings. The van der Waals surface area contributed by atoms with Gasteiger partial charge in [-0.2, -0.15) is 0 Å². The zero-order chi connectivity index (χ0) is 24.6. The van der Waals surface area contributed by atoms with E-state index in [0.29, 0.717) is 16.5 Å². The van der Waals surface area contributed by atoms with Gasteiger partial charge < -0.3 is 14.8 Å². The number of amides is 1. The van der Waals surface area contributed by atoms with Gasteiger partial charge in [-0.25, -0.2) is 14.4 Å². The lowest BCUT2D eigenvalue weighted by molar-refractivity contribution is 0.0391. The standard InChI is InChI=1S/C30H21NO5/c32-28-24-13-5-12-19-18(14-15-25(27(19)24)29(33)36-28)7-6-16-31-30(34)35-17-26-22-10-3-1-8-20(22)21-9-2-4-11-23(21)26/h1-15,26H,16-17H2,(H,31,34). The maximum absolute atomic E-state index is 12.4. The highest BCUT2D eigenvalue weighted by Crippen LogP contribution is 2.44. The van der Waals surface area contributed by atoms with E-state index in [9.17, 15) is 14.4 Å². The van der Waals surface area contributed by atoms with Crippen LogP contribution in [0, 0.1) is 0 Å². The normalized spacial score (nSPS) is 14.0. The molecule has 6 nitrogen and oxygen atoms in total. The summed E-state index contributed by atoms with van der Waals surface area (Å²) in [5, 5.41) is 4.11. The van der Waals surface area contributed by atoms with Crippen molar-refractivity contribution in [3.05, 3.63) is 113 Å². The molecule has 6 rings (SSSR count). The molecule has 1 heterocycles. The van der Waals surface area contributed by atoms with Gasteiger partial charge >= 0.3 is 18.0 Å². The first-order chi connectivity index (χ1) is 17.6. The van der Waals surface area contributed by atoms with Gasteiger partial charge in [-0.05, 0) is 45.3 Å². The third kappa shape index (κ3) is 3.64. The van der Waals surface area contributed by atoms with Gasteiger partial charge in [0, 0.05) is 17.8 Å². The fourth-order valence-corrected chi connectivity index (χ4v) is 5.09. The Labute approximate surface area is 207 Å². The third-order valence-corrected chi connectivity index (χ3v) is 6.70. The van der Waals surface area contributed by atoms with Gasteiger partial charge in [-0.1, -0.05) is 78.9 Å². The van der Waals surface area contributed by atoms with Crippen molar-refractivity contribution < 1.29 is 23.9 Å². The van der Waals surface area contributed by atoms with E-state index in [2.05, 4.69) is 29.6 Å². The van der Waals surface area contributed by atoms with Gasteiger partial charge in [-0.3, -0.25) is 0 Å². The Morgan fingerprint density at radius 3 is 2.17 bits per heavy atom. The summed E-state index contributed by atoms with van der Waals surface area (Å²) in [6.45, 7) is 0.517. The Balaban J connectivity index is 1.12. The van der Waals surface area contributed by atoms with Crippen molar-refractivity contribution in [2.24, 2.45) is 0 Å². The molecule has 4 aromatic carbocycles. The SMILES string of the molecule is O=C(NCC=Cc1ccc2c3c(cccc13)C(=O)OC2=O)OCC1c2ccccc2-c2ccccc21. The van der Waals surface area contributed by atoms with Crippen LogP contribution in [0.15, 0.2) is 84.9 Å².